The molecule has 12 heteroatoms. The Balaban J connectivity index is 1.84. The van der Waals surface area contributed by atoms with Gasteiger partial charge < -0.3 is 9.84 Å². The highest BCUT2D eigenvalue weighted by molar-refractivity contribution is 7.92. The SMILES string of the molecule is C=C(O)CC[C@H]1CN(S(=O)(=O)c2cccc(C(F)(F)F)c2)c2cc(/C=C(\C)c3c(F)cccc3Cl)c(F)cc2O1. The minimum Gasteiger partial charge on any atom is -0.513 e. The number of sulfonamides is 1. The summed E-state index contributed by atoms with van der Waals surface area (Å²) in [4.78, 5) is -0.628. The first-order chi connectivity index (χ1) is 18.7. The van der Waals surface area contributed by atoms with Crippen LogP contribution in [0.15, 0.2) is 71.8 Å². The number of fused-ring (bicyclic) bond motifs is 1. The molecule has 40 heavy (non-hydrogen) atoms. The van der Waals surface area contributed by atoms with Gasteiger partial charge in [-0.3, -0.25) is 4.31 Å². The number of rotatable bonds is 7. The number of hydrogen-bond acceptors (Lipinski definition) is 4. The molecule has 0 aromatic heterocycles. The molecule has 0 aliphatic carbocycles. The van der Waals surface area contributed by atoms with Gasteiger partial charge in [-0.25, -0.2) is 17.2 Å². The summed E-state index contributed by atoms with van der Waals surface area (Å²) in [5.41, 5.74) is -1.15. The molecule has 3 aromatic carbocycles. The largest absolute Gasteiger partial charge is 0.513 e. The van der Waals surface area contributed by atoms with Crippen LogP contribution in [0.4, 0.5) is 27.6 Å². The number of ether oxygens (including phenoxy) is 1. The lowest BCUT2D eigenvalue weighted by atomic mass is 10.0. The van der Waals surface area contributed by atoms with Crippen molar-refractivity contribution in [3.05, 3.63) is 100 Å². The molecule has 1 heterocycles. The van der Waals surface area contributed by atoms with Crippen molar-refractivity contribution in [1.82, 2.24) is 0 Å². The van der Waals surface area contributed by atoms with Crippen LogP contribution in [0.1, 0.15) is 36.5 Å². The summed E-state index contributed by atoms with van der Waals surface area (Å²) >= 11 is 6.12. The van der Waals surface area contributed by atoms with Gasteiger partial charge in [0.1, 0.15) is 23.5 Å². The van der Waals surface area contributed by atoms with Crippen LogP contribution in [0.25, 0.3) is 11.6 Å². The molecule has 0 saturated carbocycles. The third-order valence-corrected chi connectivity index (χ3v) is 8.33. The van der Waals surface area contributed by atoms with E-state index in [0.29, 0.717) is 6.07 Å². The zero-order valence-electron chi connectivity index (χ0n) is 21.0. The van der Waals surface area contributed by atoms with Crippen molar-refractivity contribution in [2.24, 2.45) is 0 Å². The molecule has 0 bridgehead atoms. The van der Waals surface area contributed by atoms with Crippen LogP contribution in [0.2, 0.25) is 5.02 Å². The van der Waals surface area contributed by atoms with Crippen molar-refractivity contribution >= 4 is 39.0 Å². The van der Waals surface area contributed by atoms with Crippen molar-refractivity contribution in [1.29, 1.82) is 0 Å². The predicted octanol–water partition coefficient (Wildman–Crippen LogP) is 8.01. The van der Waals surface area contributed by atoms with Crippen molar-refractivity contribution in [3.8, 4) is 5.75 Å². The number of anilines is 1. The van der Waals surface area contributed by atoms with E-state index in [-0.39, 0.29) is 58.3 Å². The molecule has 0 radical (unpaired) electrons. The molecule has 5 nitrogen and oxygen atoms in total. The molecule has 1 atom stereocenters. The average molecular weight is 600 g/mol. The third-order valence-electron chi connectivity index (χ3n) is 6.24. The zero-order chi connectivity index (χ0) is 29.4. The Morgan fingerprint density at radius 1 is 1.15 bits per heavy atom. The Labute approximate surface area is 232 Å². The Kier molecular flexibility index (Phi) is 8.18. The molecule has 1 N–H and O–H groups in total. The standard InChI is InChI=1S/C28H23ClF5NO4S/c1-16(27-22(29)7-4-8-23(27)30)11-18-12-25-26(14-24(18)31)39-20(10-9-17(2)36)15-35(25)40(37,38)21-6-3-5-19(13-21)28(32,33)34/h3-8,11-14,20,36H,2,9-10,15H2,1H3/b16-11+/t20-/m0/s1. The van der Waals surface area contributed by atoms with Gasteiger partial charge in [-0.15, -0.1) is 0 Å². The molecule has 1 aliphatic heterocycles. The second kappa shape index (κ2) is 11.1. The van der Waals surface area contributed by atoms with Crippen LogP contribution in [-0.2, 0) is 16.2 Å². The van der Waals surface area contributed by atoms with Gasteiger partial charge in [0.25, 0.3) is 10.0 Å². The fourth-order valence-corrected chi connectivity index (χ4v) is 6.16. The number of alkyl halides is 3. The summed E-state index contributed by atoms with van der Waals surface area (Å²) in [7, 11) is -4.61. The molecule has 0 amide bonds. The number of aliphatic hydroxyl groups is 1. The fourth-order valence-electron chi connectivity index (χ4n) is 4.31. The van der Waals surface area contributed by atoms with E-state index in [2.05, 4.69) is 6.58 Å². The van der Waals surface area contributed by atoms with Crippen LogP contribution in [0, 0.1) is 11.6 Å². The second-order valence-corrected chi connectivity index (χ2v) is 11.4. The Hall–Kier alpha value is -3.57. The minimum atomic E-state index is -4.79. The van der Waals surface area contributed by atoms with Crippen molar-refractivity contribution in [2.45, 2.75) is 36.9 Å². The van der Waals surface area contributed by atoms with E-state index in [4.69, 9.17) is 16.3 Å². The van der Waals surface area contributed by atoms with E-state index in [1.807, 2.05) is 0 Å². The second-order valence-electron chi connectivity index (χ2n) is 9.17. The number of aliphatic hydroxyl groups excluding tert-OH is 1. The van der Waals surface area contributed by atoms with Crippen LogP contribution >= 0.6 is 11.6 Å². The van der Waals surface area contributed by atoms with E-state index < -0.39 is 44.4 Å². The van der Waals surface area contributed by atoms with Gasteiger partial charge in [0.2, 0.25) is 0 Å². The summed E-state index contributed by atoms with van der Waals surface area (Å²) in [6, 6.07) is 9.43. The molecule has 4 rings (SSSR count). The minimum absolute atomic E-state index is 0.0234. The normalized spacial score (nSPS) is 15.9. The van der Waals surface area contributed by atoms with E-state index in [1.165, 1.54) is 31.2 Å². The molecule has 212 valence electrons. The lowest BCUT2D eigenvalue weighted by molar-refractivity contribution is -0.137. The fraction of sp³-hybridized carbons (Fsp3) is 0.214. The first-order valence-electron chi connectivity index (χ1n) is 11.9. The van der Waals surface area contributed by atoms with Crippen LogP contribution in [-0.4, -0.2) is 26.2 Å². The Bertz CT molecular complexity index is 1580. The molecule has 0 unspecified atom stereocenters. The van der Waals surface area contributed by atoms with Gasteiger partial charge in [0.05, 0.1) is 33.5 Å². The number of halogens is 6. The molecule has 0 saturated heterocycles. The molecule has 3 aromatic rings. The third kappa shape index (κ3) is 6.10. The highest BCUT2D eigenvalue weighted by Crippen LogP contribution is 2.41. The molecule has 0 fully saturated rings. The van der Waals surface area contributed by atoms with Crippen molar-refractivity contribution in [3.63, 3.8) is 0 Å². The lowest BCUT2D eigenvalue weighted by Crippen LogP contribution is -2.43. The monoisotopic (exact) mass is 599 g/mol. The molecular weight excluding hydrogens is 577 g/mol. The molecule has 0 spiro atoms. The van der Waals surface area contributed by atoms with Gasteiger partial charge in [-0.05, 0) is 61.4 Å². The topological polar surface area (TPSA) is 66.8 Å². The lowest BCUT2D eigenvalue weighted by Gasteiger charge is -2.36. The number of allylic oxidation sites excluding steroid dienone is 2. The van der Waals surface area contributed by atoms with Gasteiger partial charge >= 0.3 is 6.18 Å². The van der Waals surface area contributed by atoms with E-state index in [1.54, 1.807) is 0 Å². The first-order valence-corrected chi connectivity index (χ1v) is 13.7. The Morgan fingerprint density at radius 3 is 2.50 bits per heavy atom. The summed E-state index contributed by atoms with van der Waals surface area (Å²) < 4.78 is 104. The smallest absolute Gasteiger partial charge is 0.416 e. The van der Waals surface area contributed by atoms with E-state index in [0.717, 1.165) is 34.6 Å². The summed E-state index contributed by atoms with van der Waals surface area (Å²) in [5.74, 6) is -1.83. The summed E-state index contributed by atoms with van der Waals surface area (Å²) in [6.45, 7) is 4.53. The number of nitrogens with zero attached hydrogens (tertiary/aromatic N) is 1. The maximum absolute atomic E-state index is 15.2. The van der Waals surface area contributed by atoms with Gasteiger partial charge in [-0.2, -0.15) is 13.2 Å². The van der Waals surface area contributed by atoms with Crippen molar-refractivity contribution in [2.75, 3.05) is 10.8 Å². The van der Waals surface area contributed by atoms with Gasteiger partial charge in [-0.1, -0.05) is 30.3 Å². The molecule has 1 aliphatic rings. The number of hydrogen-bond donors (Lipinski definition) is 1. The van der Waals surface area contributed by atoms with E-state index in [9.17, 15) is 31.1 Å². The number of benzene rings is 3. The predicted molar refractivity (Wildman–Crippen MR) is 143 cm³/mol. The quantitative estimate of drug-likeness (QED) is 0.170. The van der Waals surface area contributed by atoms with E-state index >= 15 is 4.39 Å². The van der Waals surface area contributed by atoms with Crippen LogP contribution in [0.5, 0.6) is 5.75 Å². The van der Waals surface area contributed by atoms with Gasteiger partial charge in [0, 0.05) is 23.6 Å². The van der Waals surface area contributed by atoms with Crippen LogP contribution in [0.3, 0.4) is 0 Å². The first kappa shape index (κ1) is 29.4. The zero-order valence-corrected chi connectivity index (χ0v) is 22.5. The van der Waals surface area contributed by atoms with Gasteiger partial charge in [0.15, 0.2) is 0 Å². The summed E-state index contributed by atoms with van der Waals surface area (Å²) in [5, 5.41) is 9.58. The Morgan fingerprint density at radius 2 is 1.85 bits per heavy atom. The highest BCUT2D eigenvalue weighted by atomic mass is 35.5. The van der Waals surface area contributed by atoms with Crippen molar-refractivity contribution < 1.29 is 40.2 Å². The maximum Gasteiger partial charge on any atom is 0.416 e. The van der Waals surface area contributed by atoms with Crippen LogP contribution < -0.4 is 9.04 Å². The summed E-state index contributed by atoms with van der Waals surface area (Å²) in [6.07, 6.45) is -4.25. The molecular formula is C28H23ClF5NO4S. The maximum atomic E-state index is 15.2. The average Bonchev–Trinajstić information content (AvgIpc) is 2.87. The highest BCUT2D eigenvalue weighted by Gasteiger charge is 2.37.